The molecule has 3 nitrogen and oxygen atoms in total. The fraction of sp³-hybridized carbons (Fsp3) is 0.533. The molecule has 0 heterocycles. The molecule has 1 aromatic rings. The van der Waals surface area contributed by atoms with Gasteiger partial charge in [0.15, 0.2) is 0 Å². The van der Waals surface area contributed by atoms with Gasteiger partial charge in [-0.05, 0) is 24.8 Å². The number of esters is 1. The number of benzene rings is 1. The first-order valence-corrected chi connectivity index (χ1v) is 7.64. The molecule has 19 heavy (non-hydrogen) atoms. The molecule has 0 saturated heterocycles. The Labute approximate surface area is 120 Å². The number of carbonyl (C=O) groups excluding carboxylic acids is 1. The molecule has 0 spiro atoms. The Hall–Kier alpha value is -1.16. The molecule has 0 fully saturated rings. The first-order chi connectivity index (χ1) is 9.15. The molecule has 0 bridgehead atoms. The summed E-state index contributed by atoms with van der Waals surface area (Å²) in [4.78, 5) is 11.0. The molecule has 1 unspecified atom stereocenters. The number of carbonyl (C=O) groups is 1. The van der Waals surface area contributed by atoms with Crippen molar-refractivity contribution in [2.24, 2.45) is 5.92 Å². The van der Waals surface area contributed by atoms with E-state index >= 15 is 0 Å². The molecular weight excluding hydrogens is 260 g/mol. The maximum atomic E-state index is 11.0. The maximum Gasteiger partial charge on any atom is 0.309 e. The van der Waals surface area contributed by atoms with Gasteiger partial charge in [-0.2, -0.15) is 11.8 Å². The summed E-state index contributed by atoms with van der Waals surface area (Å²) in [6.45, 7) is 6.31. The summed E-state index contributed by atoms with van der Waals surface area (Å²) in [5.74, 6) is 2.81. The molecular formula is C15H24O3S. The highest BCUT2D eigenvalue weighted by Gasteiger charge is 2.12. The van der Waals surface area contributed by atoms with Crippen molar-refractivity contribution in [3.63, 3.8) is 0 Å². The van der Waals surface area contributed by atoms with Crippen molar-refractivity contribution in [3.05, 3.63) is 30.3 Å². The summed E-state index contributed by atoms with van der Waals surface area (Å²) in [6, 6.07) is 9.68. The Morgan fingerprint density at radius 1 is 1.26 bits per heavy atom. The van der Waals surface area contributed by atoms with E-state index in [9.17, 15) is 4.79 Å². The van der Waals surface area contributed by atoms with Crippen LogP contribution < -0.4 is 4.74 Å². The fourth-order valence-electron chi connectivity index (χ4n) is 1.20. The number of methoxy groups -OCH3 is 1. The molecule has 0 N–H and O–H groups in total. The van der Waals surface area contributed by atoms with Crippen LogP contribution in [0, 0.1) is 5.92 Å². The Morgan fingerprint density at radius 3 is 2.32 bits per heavy atom. The van der Waals surface area contributed by atoms with Gasteiger partial charge in [0.2, 0.25) is 0 Å². The van der Waals surface area contributed by atoms with Crippen LogP contribution in [0.25, 0.3) is 0 Å². The molecule has 0 saturated carbocycles. The summed E-state index contributed by atoms with van der Waals surface area (Å²) in [5, 5.41) is 0. The topological polar surface area (TPSA) is 35.5 Å². The molecule has 1 aromatic carbocycles. The van der Waals surface area contributed by atoms with Crippen molar-refractivity contribution in [1.29, 1.82) is 0 Å². The van der Waals surface area contributed by atoms with Crippen LogP contribution in [0.5, 0.6) is 5.75 Å². The second kappa shape index (κ2) is 11.9. The van der Waals surface area contributed by atoms with E-state index in [4.69, 9.17) is 9.47 Å². The van der Waals surface area contributed by atoms with E-state index in [1.807, 2.05) is 44.2 Å². The quantitative estimate of drug-likeness (QED) is 0.747. The van der Waals surface area contributed by atoms with E-state index < -0.39 is 0 Å². The molecule has 1 rings (SSSR count). The Morgan fingerprint density at radius 2 is 1.89 bits per heavy atom. The monoisotopic (exact) mass is 284 g/mol. The van der Waals surface area contributed by atoms with E-state index in [1.54, 1.807) is 18.9 Å². The SMILES string of the molecule is CCOC(=O)C(C)CSCC.COc1ccccc1. The number of ether oxygens (including phenoxy) is 2. The third-order valence-corrected chi connectivity index (χ3v) is 3.38. The standard InChI is InChI=1S/C8H16O2S.C7H8O/c1-4-10-8(9)7(3)6-11-5-2;1-8-7-5-3-2-4-6-7/h7H,4-6H2,1-3H3;2-6H,1H3. The molecule has 0 aliphatic rings. The van der Waals surface area contributed by atoms with Crippen LogP contribution in [-0.2, 0) is 9.53 Å². The summed E-state index contributed by atoms with van der Waals surface area (Å²) >= 11 is 1.77. The molecule has 108 valence electrons. The van der Waals surface area contributed by atoms with Crippen LogP contribution in [0.15, 0.2) is 30.3 Å². The van der Waals surface area contributed by atoms with Gasteiger partial charge in [0.05, 0.1) is 19.6 Å². The third-order valence-electron chi connectivity index (χ3n) is 2.24. The van der Waals surface area contributed by atoms with Crippen molar-refractivity contribution < 1.29 is 14.3 Å². The van der Waals surface area contributed by atoms with Crippen LogP contribution in [0.3, 0.4) is 0 Å². The number of rotatable bonds is 6. The highest BCUT2D eigenvalue weighted by Crippen LogP contribution is 2.08. The number of hydrogen-bond acceptors (Lipinski definition) is 4. The van der Waals surface area contributed by atoms with Crippen LogP contribution in [-0.4, -0.2) is 31.2 Å². The third kappa shape index (κ3) is 9.42. The molecule has 4 heteroatoms. The van der Waals surface area contributed by atoms with Crippen LogP contribution in [0.1, 0.15) is 20.8 Å². The maximum absolute atomic E-state index is 11.0. The minimum atomic E-state index is -0.0755. The summed E-state index contributed by atoms with van der Waals surface area (Å²) in [5.41, 5.74) is 0. The van der Waals surface area contributed by atoms with Gasteiger partial charge in [-0.1, -0.05) is 32.0 Å². The van der Waals surface area contributed by atoms with Gasteiger partial charge in [0.1, 0.15) is 5.75 Å². The van der Waals surface area contributed by atoms with Crippen molar-refractivity contribution in [3.8, 4) is 5.75 Å². The largest absolute Gasteiger partial charge is 0.497 e. The minimum absolute atomic E-state index is 0.0416. The number of hydrogen-bond donors (Lipinski definition) is 0. The van der Waals surface area contributed by atoms with E-state index in [0.717, 1.165) is 17.3 Å². The number of thioether (sulfide) groups is 1. The Balaban J connectivity index is 0.000000356. The lowest BCUT2D eigenvalue weighted by molar-refractivity contribution is -0.146. The molecule has 0 aromatic heterocycles. The van der Waals surface area contributed by atoms with E-state index in [0.29, 0.717) is 6.61 Å². The van der Waals surface area contributed by atoms with E-state index in [1.165, 1.54) is 0 Å². The first-order valence-electron chi connectivity index (χ1n) is 6.49. The Bertz CT molecular complexity index is 327. The molecule has 0 radical (unpaired) electrons. The zero-order valence-electron chi connectivity index (χ0n) is 12.2. The Kier molecular flexibility index (Phi) is 11.2. The molecule has 0 amide bonds. The first kappa shape index (κ1) is 17.8. The molecule has 1 atom stereocenters. The van der Waals surface area contributed by atoms with Crippen molar-refractivity contribution >= 4 is 17.7 Å². The van der Waals surface area contributed by atoms with Gasteiger partial charge >= 0.3 is 5.97 Å². The predicted octanol–water partition coefficient (Wildman–Crippen LogP) is 3.63. The summed E-state index contributed by atoms with van der Waals surface area (Å²) in [6.07, 6.45) is 0. The highest BCUT2D eigenvalue weighted by molar-refractivity contribution is 7.99. The van der Waals surface area contributed by atoms with Gasteiger partial charge < -0.3 is 9.47 Å². The zero-order valence-corrected chi connectivity index (χ0v) is 13.0. The summed E-state index contributed by atoms with van der Waals surface area (Å²) in [7, 11) is 1.66. The van der Waals surface area contributed by atoms with Gasteiger partial charge in [-0.25, -0.2) is 0 Å². The smallest absolute Gasteiger partial charge is 0.309 e. The lowest BCUT2D eigenvalue weighted by Gasteiger charge is -2.08. The van der Waals surface area contributed by atoms with Gasteiger partial charge in [-0.15, -0.1) is 0 Å². The average molecular weight is 284 g/mol. The molecule has 0 aliphatic heterocycles. The second-order valence-electron chi connectivity index (χ2n) is 3.83. The van der Waals surface area contributed by atoms with Crippen LogP contribution in [0.2, 0.25) is 0 Å². The molecule has 0 aliphatic carbocycles. The minimum Gasteiger partial charge on any atom is -0.497 e. The van der Waals surface area contributed by atoms with Crippen molar-refractivity contribution in [2.75, 3.05) is 25.2 Å². The van der Waals surface area contributed by atoms with E-state index in [2.05, 4.69) is 6.92 Å². The van der Waals surface area contributed by atoms with E-state index in [-0.39, 0.29) is 11.9 Å². The fourth-order valence-corrected chi connectivity index (χ4v) is 1.93. The lowest BCUT2D eigenvalue weighted by atomic mass is 10.2. The highest BCUT2D eigenvalue weighted by atomic mass is 32.2. The van der Waals surface area contributed by atoms with Crippen molar-refractivity contribution in [2.45, 2.75) is 20.8 Å². The number of para-hydroxylation sites is 1. The average Bonchev–Trinajstić information content (AvgIpc) is 2.46. The summed E-state index contributed by atoms with van der Waals surface area (Å²) < 4.78 is 9.76. The predicted molar refractivity (Wildman–Crippen MR) is 81.8 cm³/mol. The normalized spacial score (nSPS) is 10.9. The van der Waals surface area contributed by atoms with Gasteiger partial charge in [0.25, 0.3) is 0 Å². The van der Waals surface area contributed by atoms with Crippen LogP contribution >= 0.6 is 11.8 Å². The van der Waals surface area contributed by atoms with Gasteiger partial charge in [0, 0.05) is 5.75 Å². The second-order valence-corrected chi connectivity index (χ2v) is 5.15. The lowest BCUT2D eigenvalue weighted by Crippen LogP contribution is -2.16. The van der Waals surface area contributed by atoms with Crippen molar-refractivity contribution in [1.82, 2.24) is 0 Å². The van der Waals surface area contributed by atoms with Crippen LogP contribution in [0.4, 0.5) is 0 Å². The van der Waals surface area contributed by atoms with Gasteiger partial charge in [-0.3, -0.25) is 4.79 Å². The zero-order chi connectivity index (χ0) is 14.5.